The lowest BCUT2D eigenvalue weighted by molar-refractivity contribution is 0.0723. The molecule has 0 radical (unpaired) electrons. The first kappa shape index (κ1) is 14.6. The van der Waals surface area contributed by atoms with Crippen LogP contribution < -0.4 is 14.2 Å². The molecule has 0 unspecified atom stereocenters. The van der Waals surface area contributed by atoms with E-state index < -0.39 is 10.2 Å². The molecule has 0 bridgehead atoms. The Bertz CT molecular complexity index is 613. The number of hydrogen-bond donors (Lipinski definition) is 1. The van der Waals surface area contributed by atoms with Crippen LogP contribution in [0.5, 0.6) is 11.5 Å². The maximum atomic E-state index is 12.3. The number of benzene rings is 1. The normalized spacial score (nSPS) is 20.4. The minimum Gasteiger partial charge on any atom is -0.454 e. The van der Waals surface area contributed by atoms with Crippen LogP contribution in [0, 0.1) is 0 Å². The highest BCUT2D eigenvalue weighted by molar-refractivity contribution is 7.87. The molecule has 8 heteroatoms. The second-order valence-corrected chi connectivity index (χ2v) is 6.67. The molecular formula is C13H18N2O5S. The van der Waals surface area contributed by atoms with E-state index in [-0.39, 0.29) is 12.8 Å². The SMILES string of the molecule is C[C@H](NS(=O)(=O)N1CCOCC1)c1ccc2c(c1)OCO2. The van der Waals surface area contributed by atoms with E-state index in [0.29, 0.717) is 37.8 Å². The quantitative estimate of drug-likeness (QED) is 0.882. The van der Waals surface area contributed by atoms with E-state index in [9.17, 15) is 8.42 Å². The summed E-state index contributed by atoms with van der Waals surface area (Å²) < 4.78 is 44.4. The maximum Gasteiger partial charge on any atom is 0.280 e. The zero-order valence-electron chi connectivity index (χ0n) is 11.7. The van der Waals surface area contributed by atoms with Crippen LogP contribution in [0.25, 0.3) is 0 Å². The van der Waals surface area contributed by atoms with Crippen molar-refractivity contribution in [3.05, 3.63) is 23.8 Å². The number of nitrogens with one attached hydrogen (secondary N) is 1. The molecular weight excluding hydrogens is 296 g/mol. The fraction of sp³-hybridized carbons (Fsp3) is 0.538. The predicted molar refractivity (Wildman–Crippen MR) is 75.4 cm³/mol. The summed E-state index contributed by atoms with van der Waals surface area (Å²) in [5, 5.41) is 0. The zero-order chi connectivity index (χ0) is 14.9. The number of fused-ring (bicyclic) bond motifs is 1. The molecule has 2 aliphatic rings. The van der Waals surface area contributed by atoms with Gasteiger partial charge in [0, 0.05) is 19.1 Å². The summed E-state index contributed by atoms with van der Waals surface area (Å²) >= 11 is 0. The van der Waals surface area contributed by atoms with Gasteiger partial charge in [-0.3, -0.25) is 0 Å². The average Bonchev–Trinajstić information content (AvgIpc) is 2.95. The highest BCUT2D eigenvalue weighted by atomic mass is 32.2. The van der Waals surface area contributed by atoms with Gasteiger partial charge < -0.3 is 14.2 Å². The monoisotopic (exact) mass is 314 g/mol. The smallest absolute Gasteiger partial charge is 0.280 e. The van der Waals surface area contributed by atoms with Crippen molar-refractivity contribution in [2.75, 3.05) is 33.1 Å². The van der Waals surface area contributed by atoms with Gasteiger partial charge in [0.05, 0.1) is 13.2 Å². The van der Waals surface area contributed by atoms with Crippen LogP contribution in [0.15, 0.2) is 18.2 Å². The molecule has 1 N–H and O–H groups in total. The molecule has 0 saturated carbocycles. The molecule has 0 aromatic heterocycles. The van der Waals surface area contributed by atoms with E-state index in [1.54, 1.807) is 19.1 Å². The molecule has 7 nitrogen and oxygen atoms in total. The third-order valence-electron chi connectivity index (χ3n) is 3.53. The lowest BCUT2D eigenvalue weighted by Crippen LogP contribution is -2.47. The van der Waals surface area contributed by atoms with Crippen LogP contribution in [0.3, 0.4) is 0 Å². The molecule has 0 spiro atoms. The maximum absolute atomic E-state index is 12.3. The van der Waals surface area contributed by atoms with E-state index in [1.807, 2.05) is 6.07 Å². The van der Waals surface area contributed by atoms with Crippen LogP contribution in [0.4, 0.5) is 0 Å². The van der Waals surface area contributed by atoms with Gasteiger partial charge in [-0.15, -0.1) is 0 Å². The molecule has 2 aliphatic heterocycles. The lowest BCUT2D eigenvalue weighted by Gasteiger charge is -2.27. The van der Waals surface area contributed by atoms with Crippen LogP contribution in [0.2, 0.25) is 0 Å². The Morgan fingerprint density at radius 2 is 1.90 bits per heavy atom. The molecule has 21 heavy (non-hydrogen) atoms. The van der Waals surface area contributed by atoms with Crippen molar-refractivity contribution in [2.45, 2.75) is 13.0 Å². The third-order valence-corrected chi connectivity index (χ3v) is 5.23. The van der Waals surface area contributed by atoms with Gasteiger partial charge in [-0.05, 0) is 24.6 Å². The minimum absolute atomic E-state index is 0.201. The lowest BCUT2D eigenvalue weighted by atomic mass is 10.1. The highest BCUT2D eigenvalue weighted by Gasteiger charge is 2.26. The molecule has 0 amide bonds. The molecule has 1 aromatic carbocycles. The Morgan fingerprint density at radius 1 is 1.19 bits per heavy atom. The fourth-order valence-electron chi connectivity index (χ4n) is 2.34. The van der Waals surface area contributed by atoms with Crippen molar-refractivity contribution in [3.63, 3.8) is 0 Å². The first-order chi connectivity index (χ1) is 10.1. The molecule has 1 saturated heterocycles. The molecule has 3 rings (SSSR count). The first-order valence-electron chi connectivity index (χ1n) is 6.81. The van der Waals surface area contributed by atoms with Gasteiger partial charge in [0.15, 0.2) is 11.5 Å². The second-order valence-electron chi connectivity index (χ2n) is 4.97. The predicted octanol–water partition coefficient (Wildman–Crippen LogP) is 0.643. The largest absolute Gasteiger partial charge is 0.454 e. The van der Waals surface area contributed by atoms with Gasteiger partial charge in [-0.2, -0.15) is 17.4 Å². The summed E-state index contributed by atoms with van der Waals surface area (Å²) in [5.41, 5.74) is 0.830. The van der Waals surface area contributed by atoms with Gasteiger partial charge >= 0.3 is 0 Å². The van der Waals surface area contributed by atoms with Gasteiger partial charge in [0.1, 0.15) is 0 Å². The summed E-state index contributed by atoms with van der Waals surface area (Å²) in [5.74, 6) is 1.33. The molecule has 1 atom stereocenters. The van der Waals surface area contributed by atoms with Crippen LogP contribution in [0.1, 0.15) is 18.5 Å². The van der Waals surface area contributed by atoms with E-state index >= 15 is 0 Å². The Labute approximate surface area is 124 Å². The Hall–Kier alpha value is -1.35. The highest BCUT2D eigenvalue weighted by Crippen LogP contribution is 2.34. The molecule has 116 valence electrons. The Kier molecular flexibility index (Phi) is 4.03. The average molecular weight is 314 g/mol. The van der Waals surface area contributed by atoms with Crippen molar-refractivity contribution < 1.29 is 22.6 Å². The topological polar surface area (TPSA) is 77.1 Å². The standard InChI is InChI=1S/C13H18N2O5S/c1-10(11-2-3-12-13(8-11)20-9-19-12)14-21(16,17)15-4-6-18-7-5-15/h2-3,8,10,14H,4-7,9H2,1H3/t10-/m0/s1. The van der Waals surface area contributed by atoms with E-state index in [0.717, 1.165) is 5.56 Å². The number of morpholine rings is 1. The fourth-order valence-corrected chi connectivity index (χ4v) is 3.70. The summed E-state index contributed by atoms with van der Waals surface area (Å²) in [6.07, 6.45) is 0. The summed E-state index contributed by atoms with van der Waals surface area (Å²) in [6.45, 7) is 3.62. The molecule has 2 heterocycles. The molecule has 0 aliphatic carbocycles. The number of hydrogen-bond acceptors (Lipinski definition) is 5. The third kappa shape index (κ3) is 3.13. The van der Waals surface area contributed by atoms with Crippen LogP contribution >= 0.6 is 0 Å². The van der Waals surface area contributed by atoms with Gasteiger partial charge in [0.2, 0.25) is 6.79 Å². The molecule has 1 aromatic rings. The van der Waals surface area contributed by atoms with Gasteiger partial charge in [-0.1, -0.05) is 6.07 Å². The summed E-state index contributed by atoms with van der Waals surface area (Å²) in [7, 11) is -3.51. The minimum atomic E-state index is -3.51. The van der Waals surface area contributed by atoms with Crippen LogP contribution in [-0.4, -0.2) is 45.8 Å². The van der Waals surface area contributed by atoms with E-state index in [4.69, 9.17) is 14.2 Å². The number of rotatable bonds is 4. The first-order valence-corrected chi connectivity index (χ1v) is 8.25. The van der Waals surface area contributed by atoms with E-state index in [1.165, 1.54) is 4.31 Å². The summed E-state index contributed by atoms with van der Waals surface area (Å²) in [4.78, 5) is 0. The summed E-state index contributed by atoms with van der Waals surface area (Å²) in [6, 6.07) is 5.07. The molecule has 1 fully saturated rings. The van der Waals surface area contributed by atoms with Crippen molar-refractivity contribution >= 4 is 10.2 Å². The Balaban J connectivity index is 1.71. The van der Waals surface area contributed by atoms with Gasteiger partial charge in [-0.25, -0.2) is 0 Å². The Morgan fingerprint density at radius 3 is 2.67 bits per heavy atom. The number of nitrogens with zero attached hydrogens (tertiary/aromatic N) is 1. The van der Waals surface area contributed by atoms with Crippen LogP contribution in [-0.2, 0) is 14.9 Å². The van der Waals surface area contributed by atoms with Crippen molar-refractivity contribution in [3.8, 4) is 11.5 Å². The zero-order valence-corrected chi connectivity index (χ0v) is 12.6. The van der Waals surface area contributed by atoms with Crippen molar-refractivity contribution in [1.29, 1.82) is 0 Å². The van der Waals surface area contributed by atoms with Crippen molar-refractivity contribution in [2.24, 2.45) is 0 Å². The number of ether oxygens (including phenoxy) is 3. The van der Waals surface area contributed by atoms with E-state index in [2.05, 4.69) is 4.72 Å². The second kappa shape index (κ2) is 5.80. The van der Waals surface area contributed by atoms with Gasteiger partial charge in [0.25, 0.3) is 10.2 Å². The van der Waals surface area contributed by atoms with Crippen molar-refractivity contribution in [1.82, 2.24) is 9.03 Å².